The van der Waals surface area contributed by atoms with Gasteiger partial charge in [-0.15, -0.1) is 22.9 Å². The Morgan fingerprint density at radius 3 is 2.80 bits per heavy atom. The molecule has 0 fully saturated rings. The lowest BCUT2D eigenvalue weighted by Gasteiger charge is -2.08. The lowest BCUT2D eigenvalue weighted by Crippen LogP contribution is -1.93. The van der Waals surface area contributed by atoms with Gasteiger partial charge in [0.05, 0.1) is 5.38 Å². The zero-order chi connectivity index (χ0) is 10.7. The predicted octanol–water partition coefficient (Wildman–Crippen LogP) is 5.03. The first-order valence-corrected chi connectivity index (χ1v) is 6.78. The van der Waals surface area contributed by atoms with Crippen LogP contribution in [0.2, 0.25) is 0 Å². The number of benzene rings is 1. The molecule has 0 saturated heterocycles. The number of alkyl halides is 1. The van der Waals surface area contributed by atoms with E-state index in [4.69, 9.17) is 11.6 Å². The molecule has 0 bridgehead atoms. The summed E-state index contributed by atoms with van der Waals surface area (Å²) in [6.45, 7) is 0. The SMILES string of the molecule is ClC(Cc1cccs1)c1cccc(Br)c1. The summed E-state index contributed by atoms with van der Waals surface area (Å²) in [5, 5.41) is 2.14. The highest BCUT2D eigenvalue weighted by atomic mass is 79.9. The fraction of sp³-hybridized carbons (Fsp3) is 0.167. The lowest BCUT2D eigenvalue weighted by atomic mass is 10.1. The van der Waals surface area contributed by atoms with Crippen molar-refractivity contribution in [2.45, 2.75) is 11.8 Å². The Hall–Kier alpha value is -0.310. The predicted molar refractivity (Wildman–Crippen MR) is 70.8 cm³/mol. The molecule has 1 heterocycles. The minimum absolute atomic E-state index is 0.0566. The molecule has 3 heteroatoms. The van der Waals surface area contributed by atoms with E-state index in [1.54, 1.807) is 11.3 Å². The fourth-order valence-electron chi connectivity index (χ4n) is 1.42. The van der Waals surface area contributed by atoms with E-state index in [0.29, 0.717) is 0 Å². The number of hydrogen-bond donors (Lipinski definition) is 0. The topological polar surface area (TPSA) is 0 Å². The molecule has 1 unspecified atom stereocenters. The molecule has 1 aromatic heterocycles. The van der Waals surface area contributed by atoms with Crippen LogP contribution in [0.5, 0.6) is 0 Å². The zero-order valence-electron chi connectivity index (χ0n) is 7.99. The molecular formula is C12H10BrClS. The molecule has 1 aromatic carbocycles. The van der Waals surface area contributed by atoms with E-state index in [-0.39, 0.29) is 5.38 Å². The van der Waals surface area contributed by atoms with Crippen molar-refractivity contribution in [3.63, 3.8) is 0 Å². The van der Waals surface area contributed by atoms with E-state index >= 15 is 0 Å². The van der Waals surface area contributed by atoms with E-state index in [1.807, 2.05) is 12.1 Å². The first-order valence-electron chi connectivity index (χ1n) is 4.67. The third kappa shape index (κ3) is 3.07. The maximum atomic E-state index is 6.36. The largest absolute Gasteiger partial charge is 0.149 e. The molecule has 0 aliphatic carbocycles. The van der Waals surface area contributed by atoms with Gasteiger partial charge < -0.3 is 0 Å². The second-order valence-electron chi connectivity index (χ2n) is 3.31. The van der Waals surface area contributed by atoms with Crippen molar-refractivity contribution < 1.29 is 0 Å². The number of hydrogen-bond acceptors (Lipinski definition) is 1. The highest BCUT2D eigenvalue weighted by Gasteiger charge is 2.09. The standard InChI is InChI=1S/C12H10BrClS/c13-10-4-1-3-9(7-10)12(14)8-11-5-2-6-15-11/h1-7,12H,8H2. The molecule has 0 aliphatic rings. The van der Waals surface area contributed by atoms with Crippen molar-refractivity contribution in [2.24, 2.45) is 0 Å². The second-order valence-corrected chi connectivity index (χ2v) is 5.78. The van der Waals surface area contributed by atoms with Gasteiger partial charge in [-0.25, -0.2) is 0 Å². The zero-order valence-corrected chi connectivity index (χ0v) is 11.1. The van der Waals surface area contributed by atoms with Gasteiger partial charge in [-0.1, -0.05) is 34.1 Å². The molecule has 0 aliphatic heterocycles. The highest BCUT2D eigenvalue weighted by Crippen LogP contribution is 2.28. The third-order valence-corrected chi connectivity index (χ3v) is 3.97. The van der Waals surface area contributed by atoms with Crippen LogP contribution in [-0.2, 0) is 6.42 Å². The van der Waals surface area contributed by atoms with Crippen LogP contribution in [-0.4, -0.2) is 0 Å². The Morgan fingerprint density at radius 2 is 2.13 bits per heavy atom. The minimum atomic E-state index is 0.0566. The average Bonchev–Trinajstić information content (AvgIpc) is 2.70. The van der Waals surface area contributed by atoms with E-state index in [1.165, 1.54) is 10.4 Å². The van der Waals surface area contributed by atoms with Crippen LogP contribution in [0.15, 0.2) is 46.3 Å². The van der Waals surface area contributed by atoms with Crippen molar-refractivity contribution in [1.82, 2.24) is 0 Å². The Morgan fingerprint density at radius 1 is 1.27 bits per heavy atom. The van der Waals surface area contributed by atoms with Crippen LogP contribution in [0, 0.1) is 0 Å². The smallest absolute Gasteiger partial charge is 0.0633 e. The van der Waals surface area contributed by atoms with Crippen LogP contribution in [0.4, 0.5) is 0 Å². The summed E-state index contributed by atoms with van der Waals surface area (Å²) >= 11 is 11.6. The monoisotopic (exact) mass is 300 g/mol. The Bertz CT molecular complexity index is 425. The third-order valence-electron chi connectivity index (χ3n) is 2.17. The summed E-state index contributed by atoms with van der Waals surface area (Å²) in [6.07, 6.45) is 0.898. The van der Waals surface area contributed by atoms with Gasteiger partial charge in [0.25, 0.3) is 0 Å². The molecule has 2 aromatic rings. The van der Waals surface area contributed by atoms with Gasteiger partial charge in [0, 0.05) is 15.8 Å². The summed E-state index contributed by atoms with van der Waals surface area (Å²) in [5.41, 5.74) is 1.17. The van der Waals surface area contributed by atoms with E-state index in [9.17, 15) is 0 Å². The van der Waals surface area contributed by atoms with Crippen LogP contribution in [0.1, 0.15) is 15.8 Å². The summed E-state index contributed by atoms with van der Waals surface area (Å²) in [5.74, 6) is 0. The Labute approximate surface area is 107 Å². The first kappa shape index (κ1) is 11.2. The van der Waals surface area contributed by atoms with Crippen molar-refractivity contribution in [3.8, 4) is 0 Å². The molecule has 0 amide bonds. The van der Waals surface area contributed by atoms with Gasteiger partial charge in [0.1, 0.15) is 0 Å². The number of thiophene rings is 1. The summed E-state index contributed by atoms with van der Waals surface area (Å²) in [6, 6.07) is 12.4. The van der Waals surface area contributed by atoms with Crippen molar-refractivity contribution >= 4 is 38.9 Å². The van der Waals surface area contributed by atoms with Gasteiger partial charge in [-0.05, 0) is 29.1 Å². The Kier molecular flexibility index (Phi) is 3.84. The van der Waals surface area contributed by atoms with Crippen LogP contribution in [0.25, 0.3) is 0 Å². The van der Waals surface area contributed by atoms with E-state index in [2.05, 4.69) is 45.6 Å². The minimum Gasteiger partial charge on any atom is -0.149 e. The van der Waals surface area contributed by atoms with Crippen molar-refractivity contribution in [3.05, 3.63) is 56.7 Å². The van der Waals surface area contributed by atoms with E-state index in [0.717, 1.165) is 10.9 Å². The van der Waals surface area contributed by atoms with Gasteiger partial charge in [-0.2, -0.15) is 0 Å². The number of halogens is 2. The van der Waals surface area contributed by atoms with E-state index < -0.39 is 0 Å². The molecule has 0 saturated carbocycles. The summed E-state index contributed by atoms with van der Waals surface area (Å²) in [4.78, 5) is 1.33. The molecule has 1 atom stereocenters. The molecule has 0 radical (unpaired) electrons. The quantitative estimate of drug-likeness (QED) is 0.697. The molecule has 0 nitrogen and oxygen atoms in total. The molecule has 2 rings (SSSR count). The first-order chi connectivity index (χ1) is 7.25. The molecule has 0 N–H and O–H groups in total. The maximum Gasteiger partial charge on any atom is 0.0633 e. The Balaban J connectivity index is 2.11. The van der Waals surface area contributed by atoms with Gasteiger partial charge in [0.2, 0.25) is 0 Å². The average molecular weight is 302 g/mol. The van der Waals surface area contributed by atoms with Crippen LogP contribution < -0.4 is 0 Å². The van der Waals surface area contributed by atoms with Crippen LogP contribution in [0.3, 0.4) is 0 Å². The molecular weight excluding hydrogens is 292 g/mol. The van der Waals surface area contributed by atoms with Gasteiger partial charge >= 0.3 is 0 Å². The molecule has 0 spiro atoms. The second kappa shape index (κ2) is 5.15. The van der Waals surface area contributed by atoms with Gasteiger partial charge in [0.15, 0.2) is 0 Å². The highest BCUT2D eigenvalue weighted by molar-refractivity contribution is 9.10. The summed E-state index contributed by atoms with van der Waals surface area (Å²) in [7, 11) is 0. The number of rotatable bonds is 3. The summed E-state index contributed by atoms with van der Waals surface area (Å²) < 4.78 is 1.08. The van der Waals surface area contributed by atoms with Crippen molar-refractivity contribution in [2.75, 3.05) is 0 Å². The normalized spacial score (nSPS) is 12.7. The lowest BCUT2D eigenvalue weighted by molar-refractivity contribution is 0.937. The fourth-order valence-corrected chi connectivity index (χ4v) is 2.99. The molecule has 78 valence electrons. The molecule has 15 heavy (non-hydrogen) atoms. The van der Waals surface area contributed by atoms with Crippen molar-refractivity contribution in [1.29, 1.82) is 0 Å². The maximum absolute atomic E-state index is 6.36. The van der Waals surface area contributed by atoms with Crippen LogP contribution >= 0.6 is 38.9 Å². The van der Waals surface area contributed by atoms with Gasteiger partial charge in [-0.3, -0.25) is 0 Å².